The van der Waals surface area contributed by atoms with Gasteiger partial charge in [0.05, 0.1) is 11.0 Å². The van der Waals surface area contributed by atoms with Gasteiger partial charge < -0.3 is 9.55 Å². The van der Waals surface area contributed by atoms with Gasteiger partial charge in [-0.1, -0.05) is 72.8 Å². The maximum absolute atomic E-state index is 3.61. The largest absolute Gasteiger partial charge is 0.354 e. The van der Waals surface area contributed by atoms with Crippen LogP contribution in [-0.2, 0) is 0 Å². The molecule has 5 aromatic carbocycles. The number of nitrogens with one attached hydrogen (secondary N) is 1. The van der Waals surface area contributed by atoms with Crippen LogP contribution in [0.15, 0.2) is 103 Å². The average Bonchev–Trinajstić information content (AvgIpc) is 3.34. The minimum Gasteiger partial charge on any atom is -0.354 e. The highest BCUT2D eigenvalue weighted by molar-refractivity contribution is 6.25. The van der Waals surface area contributed by atoms with Gasteiger partial charge in [-0.2, -0.15) is 0 Å². The number of hydrogen-bond acceptors (Lipinski definition) is 0. The summed E-state index contributed by atoms with van der Waals surface area (Å²) in [6.45, 7) is 0. The molecule has 0 fully saturated rings. The number of aromatic amines is 1. The summed E-state index contributed by atoms with van der Waals surface area (Å²) in [5.41, 5.74) is 6.04. The summed E-state index contributed by atoms with van der Waals surface area (Å²) >= 11 is 0. The van der Waals surface area contributed by atoms with Crippen molar-refractivity contribution < 1.29 is 0 Å². The van der Waals surface area contributed by atoms with Crippen molar-refractivity contribution in [3.05, 3.63) is 103 Å². The van der Waals surface area contributed by atoms with E-state index in [-0.39, 0.29) is 0 Å². The Kier molecular flexibility index (Phi) is 3.03. The fourth-order valence-corrected chi connectivity index (χ4v) is 4.97. The van der Waals surface area contributed by atoms with Crippen LogP contribution in [0.3, 0.4) is 0 Å². The summed E-state index contributed by atoms with van der Waals surface area (Å²) < 4.78 is 2.43. The van der Waals surface area contributed by atoms with E-state index in [1.807, 2.05) is 0 Å². The van der Waals surface area contributed by atoms with Crippen molar-refractivity contribution >= 4 is 54.4 Å². The van der Waals surface area contributed by atoms with Crippen LogP contribution < -0.4 is 0 Å². The lowest BCUT2D eigenvalue weighted by Gasteiger charge is -2.10. The predicted octanol–water partition coefficient (Wildman–Crippen LogP) is 7.57. The van der Waals surface area contributed by atoms with E-state index < -0.39 is 0 Å². The zero-order chi connectivity index (χ0) is 19.7. The standard InChI is InChI=1S/C28H18N2/c1-2-8-19-17-20(14-13-18(19)7-1)30-26-12-6-4-9-21(26)22-15-16-25-27(28(22)30)23-10-3-5-11-24(23)29-25/h1-17,29H. The molecule has 0 unspecified atom stereocenters. The summed E-state index contributed by atoms with van der Waals surface area (Å²) in [7, 11) is 0. The van der Waals surface area contributed by atoms with E-state index in [1.165, 1.54) is 60.1 Å². The molecular weight excluding hydrogens is 364 g/mol. The molecule has 0 atom stereocenters. The van der Waals surface area contributed by atoms with E-state index in [4.69, 9.17) is 0 Å². The van der Waals surface area contributed by atoms with Gasteiger partial charge in [-0.15, -0.1) is 0 Å². The van der Waals surface area contributed by atoms with Crippen molar-refractivity contribution in [1.82, 2.24) is 9.55 Å². The van der Waals surface area contributed by atoms with Crippen LogP contribution in [0, 0.1) is 0 Å². The number of benzene rings is 5. The number of H-pyrrole nitrogens is 1. The van der Waals surface area contributed by atoms with E-state index in [1.54, 1.807) is 0 Å². The van der Waals surface area contributed by atoms with Gasteiger partial charge in [0.2, 0.25) is 0 Å². The Morgan fingerprint density at radius 2 is 1.30 bits per heavy atom. The van der Waals surface area contributed by atoms with Crippen molar-refractivity contribution in [2.24, 2.45) is 0 Å². The van der Waals surface area contributed by atoms with Crippen LogP contribution in [0.1, 0.15) is 0 Å². The Labute approximate surface area is 173 Å². The van der Waals surface area contributed by atoms with Gasteiger partial charge in [-0.05, 0) is 41.1 Å². The Hall–Kier alpha value is -4.04. The molecule has 0 spiro atoms. The van der Waals surface area contributed by atoms with Crippen LogP contribution in [-0.4, -0.2) is 9.55 Å². The van der Waals surface area contributed by atoms with Crippen molar-refractivity contribution in [3.8, 4) is 5.69 Å². The summed E-state index contributed by atoms with van der Waals surface area (Å²) in [6, 6.07) is 37.1. The molecule has 140 valence electrons. The topological polar surface area (TPSA) is 20.7 Å². The molecule has 0 aliphatic rings. The smallest absolute Gasteiger partial charge is 0.0641 e. The van der Waals surface area contributed by atoms with Crippen LogP contribution in [0.5, 0.6) is 0 Å². The van der Waals surface area contributed by atoms with Gasteiger partial charge in [-0.25, -0.2) is 0 Å². The second kappa shape index (κ2) is 5.74. The van der Waals surface area contributed by atoms with Gasteiger partial charge in [0.15, 0.2) is 0 Å². The second-order valence-electron chi connectivity index (χ2n) is 7.94. The zero-order valence-electron chi connectivity index (χ0n) is 16.3. The maximum Gasteiger partial charge on any atom is 0.0641 e. The number of nitrogens with zero attached hydrogens (tertiary/aromatic N) is 1. The summed E-state index contributed by atoms with van der Waals surface area (Å²) in [5, 5.41) is 7.64. The molecule has 0 amide bonds. The summed E-state index contributed by atoms with van der Waals surface area (Å²) in [6.07, 6.45) is 0. The Morgan fingerprint density at radius 1 is 0.533 bits per heavy atom. The first-order chi connectivity index (χ1) is 14.9. The third-order valence-electron chi connectivity index (χ3n) is 6.29. The molecule has 2 nitrogen and oxygen atoms in total. The maximum atomic E-state index is 3.61. The molecule has 2 heterocycles. The minimum atomic E-state index is 1.17. The number of para-hydroxylation sites is 2. The number of rotatable bonds is 1. The SMILES string of the molecule is c1ccc2cc(-n3c4ccccc4c4ccc5[nH]c6ccccc6c5c43)ccc2c1. The van der Waals surface area contributed by atoms with Gasteiger partial charge in [0, 0.05) is 38.3 Å². The van der Waals surface area contributed by atoms with Crippen molar-refractivity contribution in [2.75, 3.05) is 0 Å². The fourth-order valence-electron chi connectivity index (χ4n) is 4.97. The summed E-state index contributed by atoms with van der Waals surface area (Å²) in [4.78, 5) is 3.61. The van der Waals surface area contributed by atoms with Crippen molar-refractivity contribution in [2.45, 2.75) is 0 Å². The second-order valence-corrected chi connectivity index (χ2v) is 7.94. The molecule has 0 aliphatic heterocycles. The molecule has 0 saturated carbocycles. The Balaban J connectivity index is 1.74. The number of hydrogen-bond donors (Lipinski definition) is 1. The molecule has 1 N–H and O–H groups in total. The first-order valence-corrected chi connectivity index (χ1v) is 10.3. The highest BCUT2D eigenvalue weighted by Crippen LogP contribution is 2.39. The molecule has 0 radical (unpaired) electrons. The first kappa shape index (κ1) is 15.8. The minimum absolute atomic E-state index is 1.17. The quantitative estimate of drug-likeness (QED) is 0.302. The van der Waals surface area contributed by atoms with Crippen LogP contribution in [0.2, 0.25) is 0 Å². The van der Waals surface area contributed by atoms with E-state index in [2.05, 4.69) is 113 Å². The van der Waals surface area contributed by atoms with Crippen molar-refractivity contribution in [3.63, 3.8) is 0 Å². The lowest BCUT2D eigenvalue weighted by atomic mass is 10.1. The molecule has 30 heavy (non-hydrogen) atoms. The fraction of sp³-hybridized carbons (Fsp3) is 0. The Morgan fingerprint density at radius 3 is 2.23 bits per heavy atom. The van der Waals surface area contributed by atoms with E-state index in [9.17, 15) is 0 Å². The van der Waals surface area contributed by atoms with E-state index >= 15 is 0 Å². The van der Waals surface area contributed by atoms with Crippen LogP contribution in [0.4, 0.5) is 0 Å². The van der Waals surface area contributed by atoms with E-state index in [0.29, 0.717) is 0 Å². The van der Waals surface area contributed by atoms with E-state index in [0.717, 1.165) is 0 Å². The first-order valence-electron chi connectivity index (χ1n) is 10.3. The monoisotopic (exact) mass is 382 g/mol. The molecule has 7 aromatic rings. The number of aromatic nitrogens is 2. The average molecular weight is 382 g/mol. The zero-order valence-corrected chi connectivity index (χ0v) is 16.3. The third-order valence-corrected chi connectivity index (χ3v) is 6.29. The van der Waals surface area contributed by atoms with Gasteiger partial charge in [-0.3, -0.25) is 0 Å². The van der Waals surface area contributed by atoms with Crippen LogP contribution in [0.25, 0.3) is 60.1 Å². The van der Waals surface area contributed by atoms with Crippen molar-refractivity contribution in [1.29, 1.82) is 0 Å². The molecule has 2 heteroatoms. The highest BCUT2D eigenvalue weighted by atomic mass is 15.0. The lowest BCUT2D eigenvalue weighted by molar-refractivity contribution is 1.19. The molecule has 0 bridgehead atoms. The molecule has 0 aliphatic carbocycles. The Bertz CT molecular complexity index is 1750. The molecule has 7 rings (SSSR count). The molecule has 0 saturated heterocycles. The van der Waals surface area contributed by atoms with Gasteiger partial charge in [0.1, 0.15) is 0 Å². The predicted molar refractivity (Wildman–Crippen MR) is 128 cm³/mol. The van der Waals surface area contributed by atoms with Crippen LogP contribution >= 0.6 is 0 Å². The molecule has 2 aromatic heterocycles. The highest BCUT2D eigenvalue weighted by Gasteiger charge is 2.17. The summed E-state index contributed by atoms with van der Waals surface area (Å²) in [5.74, 6) is 0. The molecular formula is C28H18N2. The third kappa shape index (κ3) is 2.03. The van der Waals surface area contributed by atoms with Gasteiger partial charge >= 0.3 is 0 Å². The lowest BCUT2D eigenvalue weighted by Crippen LogP contribution is -1.94. The normalized spacial score (nSPS) is 12.0. The number of fused-ring (bicyclic) bond motifs is 8. The van der Waals surface area contributed by atoms with Gasteiger partial charge in [0.25, 0.3) is 0 Å².